The Morgan fingerprint density at radius 3 is 2.76 bits per heavy atom. The quantitative estimate of drug-likeness (QED) is 0.618. The van der Waals surface area contributed by atoms with E-state index in [-0.39, 0.29) is 11.7 Å². The molecular formula is C16H12FN3O. The van der Waals surface area contributed by atoms with Crippen LogP contribution in [0.4, 0.5) is 10.2 Å². The van der Waals surface area contributed by atoms with Gasteiger partial charge in [-0.05, 0) is 35.7 Å². The number of hydrogen-bond acceptors (Lipinski definition) is 3. The summed E-state index contributed by atoms with van der Waals surface area (Å²) in [5.74, 6) is 0.0898. The fraction of sp³-hybridized carbons (Fsp3) is 0.188. The molecule has 0 radical (unpaired) electrons. The van der Waals surface area contributed by atoms with Crippen molar-refractivity contribution in [2.24, 2.45) is 0 Å². The zero-order valence-corrected chi connectivity index (χ0v) is 11.6. The van der Waals surface area contributed by atoms with Gasteiger partial charge in [0.1, 0.15) is 12.0 Å². The molecule has 0 aliphatic rings. The van der Waals surface area contributed by atoms with Crippen LogP contribution in [0.2, 0.25) is 0 Å². The highest BCUT2D eigenvalue weighted by Gasteiger charge is 2.17. The second-order valence-corrected chi connectivity index (χ2v) is 4.73. The number of rotatable bonds is 3. The van der Waals surface area contributed by atoms with Crippen molar-refractivity contribution in [1.29, 1.82) is 5.26 Å². The van der Waals surface area contributed by atoms with E-state index in [9.17, 15) is 4.39 Å². The van der Waals surface area contributed by atoms with E-state index in [0.29, 0.717) is 22.4 Å². The molecule has 0 aliphatic carbocycles. The van der Waals surface area contributed by atoms with Gasteiger partial charge in [-0.25, -0.2) is 4.39 Å². The van der Waals surface area contributed by atoms with Crippen molar-refractivity contribution in [1.82, 2.24) is 4.98 Å². The third kappa shape index (κ3) is 2.98. The molecule has 0 bridgehead atoms. The molecule has 0 fully saturated rings. The summed E-state index contributed by atoms with van der Waals surface area (Å²) < 4.78 is 18.9. The molecule has 2 rings (SSSR count). The van der Waals surface area contributed by atoms with E-state index in [2.05, 4.69) is 9.83 Å². The minimum absolute atomic E-state index is 0.00929. The van der Waals surface area contributed by atoms with Gasteiger partial charge < -0.3 is 9.58 Å². The Hall–Kier alpha value is -2.92. The van der Waals surface area contributed by atoms with Crippen LogP contribution in [-0.4, -0.2) is 4.98 Å². The summed E-state index contributed by atoms with van der Waals surface area (Å²) in [6.07, 6.45) is 3.11. The first kappa shape index (κ1) is 14.5. The van der Waals surface area contributed by atoms with Gasteiger partial charge >= 0.3 is 0 Å². The van der Waals surface area contributed by atoms with Crippen LogP contribution in [0.1, 0.15) is 25.3 Å². The number of benzene rings is 1. The summed E-state index contributed by atoms with van der Waals surface area (Å²) in [6, 6.07) is 5.84. The molecule has 1 heterocycles. The molecule has 0 N–H and O–H groups in total. The summed E-state index contributed by atoms with van der Waals surface area (Å²) in [5, 5.41) is 8.84. The molecular weight excluding hydrogens is 269 g/mol. The summed E-state index contributed by atoms with van der Waals surface area (Å²) >= 11 is 0. The minimum Gasteiger partial charge on any atom is -0.387 e. The SMILES string of the molecule is [C-]#[N+]c1cc(-c2cc(F)cc(C(C)C)c2OC#N)ccn1. The molecule has 0 aliphatic heterocycles. The molecule has 0 saturated carbocycles. The van der Waals surface area contributed by atoms with E-state index in [4.69, 9.17) is 16.6 Å². The van der Waals surface area contributed by atoms with Gasteiger partial charge in [-0.15, -0.1) is 10.2 Å². The lowest BCUT2D eigenvalue weighted by molar-refractivity contribution is 0.495. The Morgan fingerprint density at radius 1 is 1.38 bits per heavy atom. The van der Waals surface area contributed by atoms with Gasteiger partial charge in [0.25, 0.3) is 12.1 Å². The van der Waals surface area contributed by atoms with E-state index < -0.39 is 5.82 Å². The van der Waals surface area contributed by atoms with Crippen molar-refractivity contribution in [3.8, 4) is 23.1 Å². The van der Waals surface area contributed by atoms with Crippen molar-refractivity contribution in [2.45, 2.75) is 19.8 Å². The second-order valence-electron chi connectivity index (χ2n) is 4.73. The van der Waals surface area contributed by atoms with Crippen molar-refractivity contribution < 1.29 is 9.13 Å². The van der Waals surface area contributed by atoms with Gasteiger partial charge in [0.2, 0.25) is 0 Å². The lowest BCUT2D eigenvalue weighted by Gasteiger charge is -2.15. The predicted molar refractivity (Wildman–Crippen MR) is 76.2 cm³/mol. The molecule has 0 unspecified atom stereocenters. The lowest BCUT2D eigenvalue weighted by Crippen LogP contribution is -1.98. The fourth-order valence-corrected chi connectivity index (χ4v) is 2.06. The van der Waals surface area contributed by atoms with E-state index in [1.165, 1.54) is 24.4 Å². The molecule has 0 saturated heterocycles. The zero-order chi connectivity index (χ0) is 15.4. The van der Waals surface area contributed by atoms with Crippen LogP contribution >= 0.6 is 0 Å². The predicted octanol–water partition coefficient (Wildman–Crippen LogP) is 4.42. The highest BCUT2D eigenvalue weighted by Crippen LogP contribution is 2.38. The standard InChI is InChI=1S/C16H12FN3O/c1-10(2)13-7-12(17)8-14(16(13)21-9-18)11-4-5-20-15(6-11)19-3/h4-8,10H,1-2H3. The van der Waals surface area contributed by atoms with E-state index in [1.54, 1.807) is 12.3 Å². The molecule has 2 aromatic rings. The lowest BCUT2D eigenvalue weighted by atomic mass is 9.95. The molecule has 1 aromatic carbocycles. The summed E-state index contributed by atoms with van der Waals surface area (Å²) in [6.45, 7) is 10.8. The second kappa shape index (κ2) is 6.02. The zero-order valence-electron chi connectivity index (χ0n) is 11.6. The highest BCUT2D eigenvalue weighted by molar-refractivity contribution is 5.74. The van der Waals surface area contributed by atoms with Gasteiger partial charge in [-0.3, -0.25) is 0 Å². The first-order valence-electron chi connectivity index (χ1n) is 6.30. The minimum atomic E-state index is -0.417. The molecule has 1 aromatic heterocycles. The molecule has 4 nitrogen and oxygen atoms in total. The molecule has 0 amide bonds. The normalized spacial score (nSPS) is 10.0. The summed E-state index contributed by atoms with van der Waals surface area (Å²) in [5.41, 5.74) is 1.63. The maximum Gasteiger partial charge on any atom is 0.292 e. The van der Waals surface area contributed by atoms with Crippen molar-refractivity contribution in [2.75, 3.05) is 0 Å². The first-order valence-corrected chi connectivity index (χ1v) is 6.30. The average Bonchev–Trinajstić information content (AvgIpc) is 2.48. The van der Waals surface area contributed by atoms with Crippen LogP contribution in [0.5, 0.6) is 5.75 Å². The third-order valence-corrected chi connectivity index (χ3v) is 3.02. The average molecular weight is 281 g/mol. The van der Waals surface area contributed by atoms with Gasteiger partial charge in [-0.1, -0.05) is 20.4 Å². The number of hydrogen-bond donors (Lipinski definition) is 0. The number of halogens is 1. The van der Waals surface area contributed by atoms with Crippen LogP contribution in [0, 0.1) is 23.9 Å². The van der Waals surface area contributed by atoms with Crippen molar-refractivity contribution in [3.63, 3.8) is 0 Å². The van der Waals surface area contributed by atoms with Crippen LogP contribution in [-0.2, 0) is 0 Å². The van der Waals surface area contributed by atoms with Crippen LogP contribution < -0.4 is 4.74 Å². The Morgan fingerprint density at radius 2 is 2.14 bits per heavy atom. The number of nitrogens with zero attached hydrogens (tertiary/aromatic N) is 3. The van der Waals surface area contributed by atoms with Gasteiger partial charge in [0.15, 0.2) is 5.75 Å². The van der Waals surface area contributed by atoms with Crippen LogP contribution in [0.25, 0.3) is 16.0 Å². The Balaban J connectivity index is 2.72. The Labute approximate surface area is 122 Å². The molecule has 104 valence electrons. The van der Waals surface area contributed by atoms with Gasteiger partial charge in [0.05, 0.1) is 0 Å². The number of aromatic nitrogens is 1. The van der Waals surface area contributed by atoms with Crippen LogP contribution in [0.15, 0.2) is 30.5 Å². The molecule has 0 spiro atoms. The number of nitriles is 1. The third-order valence-electron chi connectivity index (χ3n) is 3.02. The maximum atomic E-state index is 13.9. The molecule has 5 heteroatoms. The molecule has 21 heavy (non-hydrogen) atoms. The summed E-state index contributed by atoms with van der Waals surface area (Å²) in [4.78, 5) is 7.14. The fourth-order valence-electron chi connectivity index (χ4n) is 2.06. The number of pyridine rings is 1. The maximum absolute atomic E-state index is 13.9. The van der Waals surface area contributed by atoms with E-state index in [1.807, 2.05) is 13.8 Å². The highest BCUT2D eigenvalue weighted by atomic mass is 19.1. The van der Waals surface area contributed by atoms with Crippen molar-refractivity contribution >= 4 is 5.82 Å². The van der Waals surface area contributed by atoms with E-state index in [0.717, 1.165) is 0 Å². The Kier molecular flexibility index (Phi) is 4.15. The monoisotopic (exact) mass is 281 g/mol. The van der Waals surface area contributed by atoms with Crippen LogP contribution in [0.3, 0.4) is 0 Å². The first-order chi connectivity index (χ1) is 10.1. The number of ether oxygens (including phenoxy) is 1. The summed E-state index contributed by atoms with van der Waals surface area (Å²) in [7, 11) is 0. The van der Waals surface area contributed by atoms with Gasteiger partial charge in [-0.2, -0.15) is 0 Å². The topological polar surface area (TPSA) is 50.3 Å². The molecule has 0 atom stereocenters. The smallest absolute Gasteiger partial charge is 0.292 e. The van der Waals surface area contributed by atoms with E-state index >= 15 is 0 Å². The van der Waals surface area contributed by atoms with Gasteiger partial charge in [0, 0.05) is 11.1 Å². The van der Waals surface area contributed by atoms with Crippen molar-refractivity contribution in [3.05, 3.63) is 53.3 Å². The largest absolute Gasteiger partial charge is 0.387 e. The Bertz CT molecular complexity index is 757.